The number of hydrogen-bond donors (Lipinski definition) is 2. The van der Waals surface area contributed by atoms with Crippen molar-refractivity contribution in [3.63, 3.8) is 0 Å². The van der Waals surface area contributed by atoms with Crippen LogP contribution in [0.25, 0.3) is 10.1 Å². The van der Waals surface area contributed by atoms with Crippen LogP contribution in [-0.2, 0) is 0 Å². The number of thiophene rings is 1. The molecule has 1 aromatic heterocycles. The van der Waals surface area contributed by atoms with Crippen LogP contribution in [0.15, 0.2) is 18.2 Å². The summed E-state index contributed by atoms with van der Waals surface area (Å²) in [6.45, 7) is 3.98. The summed E-state index contributed by atoms with van der Waals surface area (Å²) in [5, 5.41) is 4.08. The van der Waals surface area contributed by atoms with Crippen LogP contribution in [-0.4, -0.2) is 37.0 Å². The maximum absolute atomic E-state index is 12.4. The van der Waals surface area contributed by atoms with Gasteiger partial charge in [-0.15, -0.1) is 11.3 Å². The molecule has 1 aromatic carbocycles. The Morgan fingerprint density at radius 3 is 3.00 bits per heavy atom. The molecule has 0 radical (unpaired) electrons. The van der Waals surface area contributed by atoms with Crippen molar-refractivity contribution in [1.29, 1.82) is 0 Å². The van der Waals surface area contributed by atoms with Crippen molar-refractivity contribution in [2.24, 2.45) is 0 Å². The number of anilines is 1. The normalized spacial score (nSPS) is 19.6. The van der Waals surface area contributed by atoms with Gasteiger partial charge in [0.15, 0.2) is 0 Å². The molecule has 2 heterocycles. The fourth-order valence-electron chi connectivity index (χ4n) is 2.70. The van der Waals surface area contributed by atoms with E-state index >= 15 is 0 Å². The van der Waals surface area contributed by atoms with Gasteiger partial charge in [-0.1, -0.05) is 11.6 Å². The number of nitrogen functional groups attached to an aromatic ring is 1. The third-order valence-corrected chi connectivity index (χ3v) is 5.00. The number of carbonyl (C=O) groups excluding carboxylic acids is 1. The smallest absolute Gasteiger partial charge is 0.263 e. The molecular formula is C15H19N3OS. The molecule has 0 bridgehead atoms. The van der Waals surface area contributed by atoms with Crippen molar-refractivity contribution in [3.05, 3.63) is 28.6 Å². The summed E-state index contributed by atoms with van der Waals surface area (Å²) in [5.41, 5.74) is 7.92. The molecule has 2 aromatic rings. The molecule has 0 saturated carbocycles. The number of nitrogens with one attached hydrogen (secondary N) is 1. The van der Waals surface area contributed by atoms with Crippen LogP contribution in [0.4, 0.5) is 5.69 Å². The van der Waals surface area contributed by atoms with E-state index in [0.717, 1.165) is 35.2 Å². The standard InChI is InChI=1S/C15H19N3OS/c1-9-3-4-12-11(7-9)13(16)14(20-12)15(19)17-10-5-6-18(2)8-10/h3-4,7,10H,5-6,8,16H2,1-2H3,(H,17,19). The Bertz CT molecular complexity index is 664. The molecule has 20 heavy (non-hydrogen) atoms. The summed E-state index contributed by atoms with van der Waals surface area (Å²) in [6, 6.07) is 6.36. The minimum Gasteiger partial charge on any atom is -0.397 e. The summed E-state index contributed by atoms with van der Waals surface area (Å²) in [5.74, 6) is -0.0401. The third-order valence-electron chi connectivity index (χ3n) is 3.81. The average molecular weight is 289 g/mol. The zero-order chi connectivity index (χ0) is 14.3. The van der Waals surface area contributed by atoms with Crippen LogP contribution >= 0.6 is 11.3 Å². The van der Waals surface area contributed by atoms with Gasteiger partial charge in [0, 0.05) is 22.7 Å². The third kappa shape index (κ3) is 2.39. The zero-order valence-corrected chi connectivity index (χ0v) is 12.6. The lowest BCUT2D eigenvalue weighted by atomic mass is 10.1. The van der Waals surface area contributed by atoms with Crippen LogP contribution in [0, 0.1) is 6.92 Å². The van der Waals surface area contributed by atoms with E-state index in [4.69, 9.17) is 5.73 Å². The summed E-state index contributed by atoms with van der Waals surface area (Å²) in [4.78, 5) is 15.2. The molecular weight excluding hydrogens is 270 g/mol. The van der Waals surface area contributed by atoms with Gasteiger partial charge < -0.3 is 16.0 Å². The molecule has 1 aliphatic rings. The van der Waals surface area contributed by atoms with Gasteiger partial charge in [0.25, 0.3) is 5.91 Å². The Hall–Kier alpha value is -1.59. The van der Waals surface area contributed by atoms with Crippen LogP contribution in [0.5, 0.6) is 0 Å². The molecule has 3 rings (SSSR count). The minimum atomic E-state index is -0.0401. The van der Waals surface area contributed by atoms with Gasteiger partial charge in [0.05, 0.1) is 5.69 Å². The van der Waals surface area contributed by atoms with Crippen molar-refractivity contribution in [2.75, 3.05) is 25.9 Å². The number of rotatable bonds is 2. The molecule has 5 heteroatoms. The highest BCUT2D eigenvalue weighted by Gasteiger charge is 2.24. The van der Waals surface area contributed by atoms with Gasteiger partial charge in [0.2, 0.25) is 0 Å². The monoisotopic (exact) mass is 289 g/mol. The fourth-order valence-corrected chi connectivity index (χ4v) is 3.71. The van der Waals surface area contributed by atoms with Gasteiger partial charge in [-0.3, -0.25) is 4.79 Å². The minimum absolute atomic E-state index is 0.0401. The lowest BCUT2D eigenvalue weighted by Crippen LogP contribution is -2.36. The van der Waals surface area contributed by atoms with Crippen molar-refractivity contribution in [1.82, 2.24) is 10.2 Å². The number of hydrogen-bond acceptors (Lipinski definition) is 4. The van der Waals surface area contributed by atoms with E-state index in [1.54, 1.807) is 0 Å². The first-order chi connectivity index (χ1) is 9.54. The molecule has 0 spiro atoms. The summed E-state index contributed by atoms with van der Waals surface area (Å²) >= 11 is 1.47. The van der Waals surface area contributed by atoms with Gasteiger partial charge in [-0.05, 0) is 39.1 Å². The first kappa shape index (κ1) is 13.4. The molecule has 4 nitrogen and oxygen atoms in total. The first-order valence-electron chi connectivity index (χ1n) is 6.82. The number of fused-ring (bicyclic) bond motifs is 1. The summed E-state index contributed by atoms with van der Waals surface area (Å²) in [7, 11) is 2.07. The second-order valence-electron chi connectivity index (χ2n) is 5.57. The average Bonchev–Trinajstić information content (AvgIpc) is 2.94. The largest absolute Gasteiger partial charge is 0.397 e. The molecule has 1 saturated heterocycles. The predicted molar refractivity (Wildman–Crippen MR) is 84.3 cm³/mol. The van der Waals surface area contributed by atoms with Gasteiger partial charge in [-0.2, -0.15) is 0 Å². The summed E-state index contributed by atoms with van der Waals surface area (Å²) < 4.78 is 1.07. The number of amides is 1. The molecule has 1 atom stereocenters. The number of likely N-dealkylation sites (tertiary alicyclic amines) is 1. The van der Waals surface area contributed by atoms with E-state index in [-0.39, 0.29) is 11.9 Å². The van der Waals surface area contributed by atoms with Gasteiger partial charge in [0.1, 0.15) is 4.88 Å². The maximum Gasteiger partial charge on any atom is 0.263 e. The lowest BCUT2D eigenvalue weighted by Gasteiger charge is -2.12. The van der Waals surface area contributed by atoms with Crippen LogP contribution in [0.2, 0.25) is 0 Å². The number of nitrogens with zero attached hydrogens (tertiary/aromatic N) is 1. The first-order valence-corrected chi connectivity index (χ1v) is 7.64. The highest BCUT2D eigenvalue weighted by atomic mass is 32.1. The Kier molecular flexibility index (Phi) is 3.40. The Balaban J connectivity index is 1.86. The van der Waals surface area contributed by atoms with E-state index in [0.29, 0.717) is 10.6 Å². The van der Waals surface area contributed by atoms with E-state index in [2.05, 4.69) is 17.3 Å². The number of carbonyl (C=O) groups is 1. The van der Waals surface area contributed by atoms with Crippen molar-refractivity contribution in [3.8, 4) is 0 Å². The van der Waals surface area contributed by atoms with E-state index in [9.17, 15) is 4.79 Å². The highest BCUT2D eigenvalue weighted by Crippen LogP contribution is 2.34. The quantitative estimate of drug-likeness (QED) is 0.891. The fraction of sp³-hybridized carbons (Fsp3) is 0.400. The van der Waals surface area contributed by atoms with Gasteiger partial charge in [-0.25, -0.2) is 0 Å². The molecule has 1 amide bonds. The predicted octanol–water partition coefficient (Wildman–Crippen LogP) is 2.23. The summed E-state index contributed by atoms with van der Waals surface area (Å²) in [6.07, 6.45) is 1.01. The van der Waals surface area contributed by atoms with E-state index in [1.807, 2.05) is 25.1 Å². The van der Waals surface area contributed by atoms with Gasteiger partial charge >= 0.3 is 0 Å². The number of likely N-dealkylation sites (N-methyl/N-ethyl adjacent to an activating group) is 1. The molecule has 0 aliphatic carbocycles. The molecule has 1 aliphatic heterocycles. The number of nitrogens with two attached hydrogens (primary N) is 1. The van der Waals surface area contributed by atoms with Crippen LogP contribution in [0.1, 0.15) is 21.7 Å². The second-order valence-corrected chi connectivity index (χ2v) is 6.62. The van der Waals surface area contributed by atoms with Crippen LogP contribution in [0.3, 0.4) is 0 Å². The Labute approximate surface area is 122 Å². The van der Waals surface area contributed by atoms with E-state index < -0.39 is 0 Å². The van der Waals surface area contributed by atoms with E-state index in [1.165, 1.54) is 11.3 Å². The topological polar surface area (TPSA) is 58.4 Å². The van der Waals surface area contributed by atoms with Crippen LogP contribution < -0.4 is 11.1 Å². The Morgan fingerprint density at radius 1 is 1.50 bits per heavy atom. The molecule has 1 unspecified atom stereocenters. The number of benzene rings is 1. The van der Waals surface area contributed by atoms with Crippen molar-refractivity contribution in [2.45, 2.75) is 19.4 Å². The number of aryl methyl sites for hydroxylation is 1. The lowest BCUT2D eigenvalue weighted by molar-refractivity contribution is 0.0943. The van der Waals surface area contributed by atoms with Crippen molar-refractivity contribution >= 4 is 33.0 Å². The molecule has 3 N–H and O–H groups in total. The molecule has 1 fully saturated rings. The Morgan fingerprint density at radius 2 is 2.30 bits per heavy atom. The highest BCUT2D eigenvalue weighted by molar-refractivity contribution is 7.21. The van der Waals surface area contributed by atoms with Crippen molar-refractivity contribution < 1.29 is 4.79 Å². The second kappa shape index (κ2) is 5.07. The SMILES string of the molecule is Cc1ccc2sc(C(=O)NC3CCN(C)C3)c(N)c2c1. The zero-order valence-electron chi connectivity index (χ0n) is 11.8. The molecule has 106 valence electrons. The maximum atomic E-state index is 12.4.